The highest BCUT2D eigenvalue weighted by Crippen LogP contribution is 2.24. The van der Waals surface area contributed by atoms with Gasteiger partial charge in [-0.25, -0.2) is 4.39 Å². The third-order valence-corrected chi connectivity index (χ3v) is 2.03. The molecule has 1 aliphatic rings. The normalized spacial score (nSPS) is 17.3. The molecule has 1 aliphatic heterocycles. The number of hydrogen-bond acceptors (Lipinski definition) is 3. The molecule has 0 aliphatic carbocycles. The molecule has 4 heteroatoms. The zero-order valence-electron chi connectivity index (χ0n) is 9.20. The van der Waals surface area contributed by atoms with E-state index in [0.717, 1.165) is 0 Å². The van der Waals surface area contributed by atoms with Gasteiger partial charge in [-0.3, -0.25) is 0 Å². The monoisotopic (exact) mass is 224 g/mol. The summed E-state index contributed by atoms with van der Waals surface area (Å²) in [5.41, 5.74) is 0. The zero-order valence-corrected chi connectivity index (χ0v) is 9.20. The van der Waals surface area contributed by atoms with Crippen molar-refractivity contribution in [2.75, 3.05) is 6.61 Å². The van der Waals surface area contributed by atoms with Crippen LogP contribution in [0.25, 0.3) is 0 Å². The van der Waals surface area contributed by atoms with Crippen molar-refractivity contribution in [2.45, 2.75) is 19.6 Å². The van der Waals surface area contributed by atoms with Gasteiger partial charge in [-0.1, -0.05) is 6.07 Å². The van der Waals surface area contributed by atoms with Crippen molar-refractivity contribution in [1.29, 1.82) is 0 Å². The van der Waals surface area contributed by atoms with Gasteiger partial charge in [0.05, 0.1) is 0 Å². The SMILES string of the molecule is CC1(C)OC=C(COc2cccc(F)c2)O1. The Balaban J connectivity index is 1.89. The fourth-order valence-corrected chi connectivity index (χ4v) is 1.35. The third-order valence-electron chi connectivity index (χ3n) is 2.03. The van der Waals surface area contributed by atoms with E-state index < -0.39 is 5.79 Å². The molecule has 0 radical (unpaired) electrons. The van der Waals surface area contributed by atoms with Crippen molar-refractivity contribution in [3.63, 3.8) is 0 Å². The fraction of sp³-hybridized carbons (Fsp3) is 0.333. The van der Waals surface area contributed by atoms with Crippen LogP contribution in [-0.2, 0) is 9.47 Å². The van der Waals surface area contributed by atoms with Crippen molar-refractivity contribution in [2.24, 2.45) is 0 Å². The molecule has 0 aromatic heterocycles. The Hall–Kier alpha value is -1.71. The Kier molecular flexibility index (Phi) is 2.73. The summed E-state index contributed by atoms with van der Waals surface area (Å²) < 4.78 is 28.8. The molecule has 0 bridgehead atoms. The molecule has 0 saturated carbocycles. The van der Waals surface area contributed by atoms with E-state index in [2.05, 4.69) is 0 Å². The average Bonchev–Trinajstić information content (AvgIpc) is 2.56. The smallest absolute Gasteiger partial charge is 0.244 e. The van der Waals surface area contributed by atoms with Gasteiger partial charge in [0.15, 0.2) is 5.76 Å². The number of hydrogen-bond donors (Lipinski definition) is 0. The van der Waals surface area contributed by atoms with Crippen molar-refractivity contribution in [3.05, 3.63) is 42.1 Å². The van der Waals surface area contributed by atoms with E-state index in [9.17, 15) is 4.39 Å². The average molecular weight is 224 g/mol. The Morgan fingerprint density at radius 2 is 2.19 bits per heavy atom. The second-order valence-corrected chi connectivity index (χ2v) is 3.95. The van der Waals surface area contributed by atoms with Crippen LogP contribution in [0.2, 0.25) is 0 Å². The van der Waals surface area contributed by atoms with E-state index in [1.807, 2.05) is 0 Å². The molecule has 0 saturated heterocycles. The van der Waals surface area contributed by atoms with Gasteiger partial charge in [-0.2, -0.15) is 0 Å². The van der Waals surface area contributed by atoms with Crippen LogP contribution in [0.5, 0.6) is 5.75 Å². The minimum atomic E-state index is -0.638. The van der Waals surface area contributed by atoms with E-state index in [4.69, 9.17) is 14.2 Å². The van der Waals surface area contributed by atoms with Crippen LogP contribution in [0, 0.1) is 5.82 Å². The van der Waals surface area contributed by atoms with Gasteiger partial charge in [0.2, 0.25) is 5.79 Å². The number of halogens is 1. The predicted octanol–water partition coefficient (Wildman–Crippen LogP) is 2.83. The summed E-state index contributed by atoms with van der Waals surface area (Å²) >= 11 is 0. The summed E-state index contributed by atoms with van der Waals surface area (Å²) in [4.78, 5) is 0. The molecule has 0 fully saturated rings. The minimum Gasteiger partial charge on any atom is -0.485 e. The Bertz CT molecular complexity index is 412. The molecule has 1 aromatic rings. The third kappa shape index (κ3) is 2.66. The zero-order chi connectivity index (χ0) is 11.6. The maximum atomic E-state index is 12.8. The van der Waals surface area contributed by atoms with Crippen LogP contribution in [0.4, 0.5) is 4.39 Å². The summed E-state index contributed by atoms with van der Waals surface area (Å²) in [5.74, 6) is 0.0968. The van der Waals surface area contributed by atoms with E-state index in [1.54, 1.807) is 26.0 Å². The van der Waals surface area contributed by atoms with Crippen LogP contribution in [0.15, 0.2) is 36.3 Å². The van der Waals surface area contributed by atoms with Crippen molar-refractivity contribution in [3.8, 4) is 5.75 Å². The van der Waals surface area contributed by atoms with Gasteiger partial charge < -0.3 is 14.2 Å². The lowest BCUT2D eigenvalue weighted by atomic mass is 10.3. The molecule has 1 aromatic carbocycles. The first-order chi connectivity index (χ1) is 7.55. The van der Waals surface area contributed by atoms with Crippen LogP contribution in [0.3, 0.4) is 0 Å². The highest BCUT2D eigenvalue weighted by molar-refractivity contribution is 5.22. The lowest BCUT2D eigenvalue weighted by molar-refractivity contribution is -0.119. The van der Waals surface area contributed by atoms with E-state index in [-0.39, 0.29) is 12.4 Å². The molecule has 1 heterocycles. The summed E-state index contributed by atoms with van der Waals surface area (Å²) in [7, 11) is 0. The van der Waals surface area contributed by atoms with Crippen molar-refractivity contribution in [1.82, 2.24) is 0 Å². The lowest BCUT2D eigenvalue weighted by Crippen LogP contribution is -2.21. The Morgan fingerprint density at radius 1 is 1.38 bits per heavy atom. The molecule has 86 valence electrons. The largest absolute Gasteiger partial charge is 0.485 e. The molecule has 2 rings (SSSR count). The van der Waals surface area contributed by atoms with Crippen LogP contribution in [-0.4, -0.2) is 12.4 Å². The van der Waals surface area contributed by atoms with Crippen LogP contribution >= 0.6 is 0 Å². The lowest BCUT2D eigenvalue weighted by Gasteiger charge is -2.18. The molecular formula is C12H13FO3. The highest BCUT2D eigenvalue weighted by Gasteiger charge is 2.27. The van der Waals surface area contributed by atoms with Gasteiger partial charge in [0, 0.05) is 19.9 Å². The molecular weight excluding hydrogens is 211 g/mol. The summed E-state index contributed by atoms with van der Waals surface area (Å²) in [6.07, 6.45) is 1.51. The highest BCUT2D eigenvalue weighted by atomic mass is 19.1. The van der Waals surface area contributed by atoms with Crippen LogP contribution < -0.4 is 4.74 Å². The molecule has 0 spiro atoms. The summed E-state index contributed by atoms with van der Waals surface area (Å²) in [5, 5.41) is 0. The minimum absolute atomic E-state index is 0.229. The van der Waals surface area contributed by atoms with Gasteiger partial charge >= 0.3 is 0 Å². The van der Waals surface area contributed by atoms with Gasteiger partial charge in [-0.05, 0) is 12.1 Å². The second-order valence-electron chi connectivity index (χ2n) is 3.95. The van der Waals surface area contributed by atoms with Gasteiger partial charge in [-0.15, -0.1) is 0 Å². The molecule has 0 unspecified atom stereocenters. The quantitative estimate of drug-likeness (QED) is 0.790. The van der Waals surface area contributed by atoms with E-state index in [1.165, 1.54) is 18.4 Å². The summed E-state index contributed by atoms with van der Waals surface area (Å²) in [6.45, 7) is 3.84. The first kappa shape index (κ1) is 10.8. The maximum Gasteiger partial charge on any atom is 0.244 e. The van der Waals surface area contributed by atoms with Gasteiger partial charge in [0.25, 0.3) is 0 Å². The van der Waals surface area contributed by atoms with Crippen molar-refractivity contribution >= 4 is 0 Å². The second kappa shape index (κ2) is 4.04. The molecule has 0 amide bonds. The Morgan fingerprint density at radius 3 is 2.81 bits per heavy atom. The van der Waals surface area contributed by atoms with E-state index in [0.29, 0.717) is 11.5 Å². The molecule has 0 N–H and O–H groups in total. The first-order valence-corrected chi connectivity index (χ1v) is 4.99. The van der Waals surface area contributed by atoms with E-state index >= 15 is 0 Å². The fourth-order valence-electron chi connectivity index (χ4n) is 1.35. The van der Waals surface area contributed by atoms with Gasteiger partial charge in [0.1, 0.15) is 24.4 Å². The predicted molar refractivity (Wildman–Crippen MR) is 56.2 cm³/mol. The van der Waals surface area contributed by atoms with Crippen LogP contribution in [0.1, 0.15) is 13.8 Å². The molecule has 16 heavy (non-hydrogen) atoms. The number of ether oxygens (including phenoxy) is 3. The maximum absolute atomic E-state index is 12.8. The summed E-state index contributed by atoms with van der Waals surface area (Å²) in [6, 6.07) is 5.96. The molecule has 3 nitrogen and oxygen atoms in total. The Labute approximate surface area is 93.4 Å². The number of benzene rings is 1. The topological polar surface area (TPSA) is 27.7 Å². The molecule has 0 atom stereocenters. The standard InChI is InChI=1S/C12H13FO3/c1-12(2)15-8-11(16-12)7-14-10-5-3-4-9(13)6-10/h3-6,8H,7H2,1-2H3. The number of rotatable bonds is 3. The first-order valence-electron chi connectivity index (χ1n) is 4.99. The van der Waals surface area contributed by atoms with Crippen molar-refractivity contribution < 1.29 is 18.6 Å².